The van der Waals surface area contributed by atoms with Crippen LogP contribution in [0.5, 0.6) is 0 Å². The minimum absolute atomic E-state index is 0.275. The summed E-state index contributed by atoms with van der Waals surface area (Å²) in [5.41, 5.74) is 2.40. The van der Waals surface area contributed by atoms with Gasteiger partial charge < -0.3 is 4.57 Å². The van der Waals surface area contributed by atoms with Crippen molar-refractivity contribution in [3.63, 3.8) is 0 Å². The van der Waals surface area contributed by atoms with Crippen LogP contribution in [0.15, 0.2) is 61.1 Å². The molecule has 19 heavy (non-hydrogen) atoms. The molecule has 0 spiro atoms. The van der Waals surface area contributed by atoms with Gasteiger partial charge in [0.05, 0.1) is 12.0 Å². The first-order valence-electron chi connectivity index (χ1n) is 5.78. The first-order valence-corrected chi connectivity index (χ1v) is 5.78. The molecular formula is C15H10F2N2. The van der Waals surface area contributed by atoms with Gasteiger partial charge in [0.2, 0.25) is 0 Å². The van der Waals surface area contributed by atoms with E-state index in [1.165, 1.54) is 24.3 Å². The van der Waals surface area contributed by atoms with Crippen molar-refractivity contribution in [1.29, 1.82) is 0 Å². The summed E-state index contributed by atoms with van der Waals surface area (Å²) in [6.07, 6.45) is 3.46. The number of benzene rings is 2. The zero-order valence-electron chi connectivity index (χ0n) is 9.92. The third-order valence-electron chi connectivity index (χ3n) is 2.85. The highest BCUT2D eigenvalue weighted by Crippen LogP contribution is 2.19. The molecule has 1 heterocycles. The van der Waals surface area contributed by atoms with Crippen molar-refractivity contribution in [1.82, 2.24) is 9.55 Å². The molecule has 2 nitrogen and oxygen atoms in total. The SMILES string of the molecule is Fc1ccc(-c2cn(-c3ccc(F)cc3)cn2)cc1. The molecule has 0 bridgehead atoms. The third-order valence-corrected chi connectivity index (χ3v) is 2.85. The lowest BCUT2D eigenvalue weighted by Gasteiger charge is -2.00. The van der Waals surface area contributed by atoms with Gasteiger partial charge in [-0.05, 0) is 48.5 Å². The van der Waals surface area contributed by atoms with Gasteiger partial charge in [-0.15, -0.1) is 0 Å². The number of hydrogen-bond acceptors (Lipinski definition) is 1. The first-order chi connectivity index (χ1) is 9.22. The van der Waals surface area contributed by atoms with Crippen LogP contribution in [0.3, 0.4) is 0 Å². The second kappa shape index (κ2) is 4.65. The van der Waals surface area contributed by atoms with Gasteiger partial charge >= 0.3 is 0 Å². The fourth-order valence-corrected chi connectivity index (χ4v) is 1.85. The van der Waals surface area contributed by atoms with E-state index in [-0.39, 0.29) is 11.6 Å². The minimum Gasteiger partial charge on any atom is -0.306 e. The van der Waals surface area contributed by atoms with E-state index in [0.717, 1.165) is 16.9 Å². The van der Waals surface area contributed by atoms with Crippen LogP contribution in [-0.4, -0.2) is 9.55 Å². The molecule has 0 saturated carbocycles. The number of halogens is 2. The lowest BCUT2D eigenvalue weighted by Crippen LogP contribution is -1.89. The maximum Gasteiger partial charge on any atom is 0.123 e. The number of hydrogen-bond donors (Lipinski definition) is 0. The van der Waals surface area contributed by atoms with Gasteiger partial charge in [0.15, 0.2) is 0 Å². The Balaban J connectivity index is 1.95. The molecule has 4 heteroatoms. The van der Waals surface area contributed by atoms with E-state index in [4.69, 9.17) is 0 Å². The molecule has 0 N–H and O–H groups in total. The van der Waals surface area contributed by atoms with E-state index in [1.54, 1.807) is 35.2 Å². The number of aromatic nitrogens is 2. The van der Waals surface area contributed by atoms with E-state index < -0.39 is 0 Å². The van der Waals surface area contributed by atoms with Crippen LogP contribution in [0.2, 0.25) is 0 Å². The molecule has 0 aliphatic carbocycles. The lowest BCUT2D eigenvalue weighted by molar-refractivity contribution is 0.627. The van der Waals surface area contributed by atoms with E-state index in [9.17, 15) is 8.78 Å². The smallest absolute Gasteiger partial charge is 0.123 e. The summed E-state index contributed by atoms with van der Waals surface area (Å²) in [7, 11) is 0. The van der Waals surface area contributed by atoms with Gasteiger partial charge in [-0.1, -0.05) is 0 Å². The molecule has 3 aromatic rings. The van der Waals surface area contributed by atoms with E-state index in [0.29, 0.717) is 0 Å². The summed E-state index contributed by atoms with van der Waals surface area (Å²) in [6.45, 7) is 0. The van der Waals surface area contributed by atoms with Gasteiger partial charge in [-0.2, -0.15) is 0 Å². The number of imidazole rings is 1. The highest BCUT2D eigenvalue weighted by atomic mass is 19.1. The van der Waals surface area contributed by atoms with Gasteiger partial charge in [-0.3, -0.25) is 0 Å². The van der Waals surface area contributed by atoms with E-state index in [1.807, 2.05) is 6.20 Å². The molecule has 0 radical (unpaired) electrons. The predicted molar refractivity (Wildman–Crippen MR) is 68.9 cm³/mol. The summed E-state index contributed by atoms with van der Waals surface area (Å²) in [5.74, 6) is -0.552. The van der Waals surface area contributed by atoms with Gasteiger partial charge in [0.1, 0.15) is 11.6 Å². The van der Waals surface area contributed by atoms with Crippen LogP contribution in [0, 0.1) is 11.6 Å². The maximum atomic E-state index is 12.8. The lowest BCUT2D eigenvalue weighted by atomic mass is 10.2. The van der Waals surface area contributed by atoms with Gasteiger partial charge in [0, 0.05) is 17.4 Å². The molecule has 0 unspecified atom stereocenters. The Hall–Kier alpha value is -2.49. The zero-order chi connectivity index (χ0) is 13.2. The van der Waals surface area contributed by atoms with E-state index >= 15 is 0 Å². The Bertz CT molecular complexity index is 625. The zero-order valence-corrected chi connectivity index (χ0v) is 9.92. The maximum absolute atomic E-state index is 12.8. The topological polar surface area (TPSA) is 17.8 Å². The minimum atomic E-state index is -0.276. The molecule has 0 amide bonds. The molecule has 3 rings (SSSR count). The molecule has 1 aromatic heterocycles. The van der Waals surface area contributed by atoms with Crippen molar-refractivity contribution in [2.45, 2.75) is 0 Å². The van der Waals surface area contributed by atoms with Gasteiger partial charge in [0.25, 0.3) is 0 Å². The largest absolute Gasteiger partial charge is 0.306 e. The standard InChI is InChI=1S/C15H10F2N2/c16-12-3-1-11(2-4-12)15-9-19(10-18-15)14-7-5-13(17)6-8-14/h1-10H. The van der Waals surface area contributed by atoms with Crippen molar-refractivity contribution >= 4 is 0 Å². The Morgan fingerprint density at radius 3 is 2.00 bits per heavy atom. The van der Waals surface area contributed by atoms with Crippen LogP contribution in [0.4, 0.5) is 8.78 Å². The molecule has 0 saturated heterocycles. The van der Waals surface area contributed by atoms with Crippen molar-refractivity contribution in [3.8, 4) is 16.9 Å². The van der Waals surface area contributed by atoms with Crippen LogP contribution in [0.25, 0.3) is 16.9 Å². The Labute approximate surface area is 109 Å². The van der Waals surface area contributed by atoms with Crippen molar-refractivity contribution < 1.29 is 8.78 Å². The van der Waals surface area contributed by atoms with Crippen molar-refractivity contribution in [2.75, 3.05) is 0 Å². The summed E-state index contributed by atoms with van der Waals surface area (Å²) < 4.78 is 27.5. The Morgan fingerprint density at radius 1 is 0.789 bits per heavy atom. The molecule has 0 atom stereocenters. The van der Waals surface area contributed by atoms with Crippen LogP contribution in [-0.2, 0) is 0 Å². The van der Waals surface area contributed by atoms with Gasteiger partial charge in [-0.25, -0.2) is 13.8 Å². The predicted octanol–water partition coefficient (Wildman–Crippen LogP) is 3.82. The second-order valence-corrected chi connectivity index (χ2v) is 4.15. The summed E-state index contributed by atoms with van der Waals surface area (Å²) in [6, 6.07) is 12.3. The van der Waals surface area contributed by atoms with E-state index in [2.05, 4.69) is 4.98 Å². The molecule has 2 aromatic carbocycles. The first kappa shape index (κ1) is 11.6. The molecule has 0 fully saturated rings. The molecular weight excluding hydrogens is 246 g/mol. The normalized spacial score (nSPS) is 10.6. The molecule has 0 aliphatic heterocycles. The monoisotopic (exact) mass is 256 g/mol. The highest BCUT2D eigenvalue weighted by Gasteiger charge is 2.04. The number of rotatable bonds is 2. The fourth-order valence-electron chi connectivity index (χ4n) is 1.85. The summed E-state index contributed by atoms with van der Waals surface area (Å²) in [4.78, 5) is 4.26. The highest BCUT2D eigenvalue weighted by molar-refractivity contribution is 5.58. The van der Waals surface area contributed by atoms with Crippen molar-refractivity contribution in [3.05, 3.63) is 72.7 Å². The average molecular weight is 256 g/mol. The van der Waals surface area contributed by atoms with Crippen molar-refractivity contribution in [2.24, 2.45) is 0 Å². The third kappa shape index (κ3) is 2.38. The Morgan fingerprint density at radius 2 is 1.37 bits per heavy atom. The molecule has 94 valence electrons. The second-order valence-electron chi connectivity index (χ2n) is 4.15. The number of nitrogens with zero attached hydrogens (tertiary/aromatic N) is 2. The fraction of sp³-hybridized carbons (Fsp3) is 0. The summed E-state index contributed by atoms with van der Waals surface area (Å²) in [5, 5.41) is 0. The molecule has 0 aliphatic rings. The quantitative estimate of drug-likeness (QED) is 0.681. The Kier molecular flexibility index (Phi) is 2.83. The van der Waals surface area contributed by atoms with Crippen LogP contribution < -0.4 is 0 Å². The van der Waals surface area contributed by atoms with Crippen LogP contribution in [0.1, 0.15) is 0 Å². The average Bonchev–Trinajstić information content (AvgIpc) is 2.90. The van der Waals surface area contributed by atoms with Crippen LogP contribution >= 0.6 is 0 Å². The summed E-state index contributed by atoms with van der Waals surface area (Å²) >= 11 is 0.